The van der Waals surface area contributed by atoms with Gasteiger partial charge in [-0.2, -0.15) is 0 Å². The van der Waals surface area contributed by atoms with Crippen molar-refractivity contribution < 1.29 is 19.0 Å². The second-order valence-corrected chi connectivity index (χ2v) is 5.25. The Bertz CT molecular complexity index is 262. The van der Waals surface area contributed by atoms with Gasteiger partial charge in [0, 0.05) is 26.3 Å². The lowest BCUT2D eigenvalue weighted by molar-refractivity contribution is -0.146. The van der Waals surface area contributed by atoms with Crippen molar-refractivity contribution in [2.45, 2.75) is 39.2 Å². The molecule has 0 aliphatic rings. The Hall–Kier alpha value is -0.690. The third-order valence-electron chi connectivity index (χ3n) is 3.33. The number of ether oxygens (including phenoxy) is 3. The van der Waals surface area contributed by atoms with Crippen LogP contribution in [-0.2, 0) is 19.0 Å². The van der Waals surface area contributed by atoms with Crippen LogP contribution in [0.1, 0.15) is 33.6 Å². The fraction of sp³-hybridized carbons (Fsp3) is 0.933. The molecule has 126 valence electrons. The third kappa shape index (κ3) is 9.79. The van der Waals surface area contributed by atoms with E-state index in [0.717, 1.165) is 39.3 Å². The number of rotatable bonds is 13. The smallest absolute Gasteiger partial charge is 0.325 e. The first kappa shape index (κ1) is 20.3. The van der Waals surface area contributed by atoms with Crippen molar-refractivity contribution in [2.24, 2.45) is 5.73 Å². The second-order valence-electron chi connectivity index (χ2n) is 5.25. The largest absolute Gasteiger partial charge is 0.468 e. The average Bonchev–Trinajstić information content (AvgIpc) is 2.46. The highest BCUT2D eigenvalue weighted by atomic mass is 16.5. The van der Waals surface area contributed by atoms with E-state index in [9.17, 15) is 4.79 Å². The van der Waals surface area contributed by atoms with Crippen molar-refractivity contribution in [3.63, 3.8) is 0 Å². The molecule has 0 aliphatic heterocycles. The van der Waals surface area contributed by atoms with Crippen LogP contribution in [0.3, 0.4) is 0 Å². The van der Waals surface area contributed by atoms with E-state index in [4.69, 9.17) is 19.9 Å². The van der Waals surface area contributed by atoms with Crippen LogP contribution in [0.15, 0.2) is 0 Å². The molecule has 0 amide bonds. The molecule has 0 aliphatic carbocycles. The van der Waals surface area contributed by atoms with Crippen LogP contribution >= 0.6 is 0 Å². The molecule has 0 aromatic carbocycles. The normalized spacial score (nSPS) is 14.2. The lowest BCUT2D eigenvalue weighted by Gasteiger charge is -2.25. The van der Waals surface area contributed by atoms with Gasteiger partial charge in [0.1, 0.15) is 5.54 Å². The molecule has 0 heterocycles. The maximum Gasteiger partial charge on any atom is 0.325 e. The highest BCUT2D eigenvalue weighted by Gasteiger charge is 2.28. The summed E-state index contributed by atoms with van der Waals surface area (Å²) >= 11 is 0. The van der Waals surface area contributed by atoms with Crippen LogP contribution in [0.4, 0.5) is 0 Å². The minimum Gasteiger partial charge on any atom is -0.468 e. The monoisotopic (exact) mass is 304 g/mol. The Labute approximate surface area is 128 Å². The summed E-state index contributed by atoms with van der Waals surface area (Å²) < 4.78 is 15.5. The fourth-order valence-corrected chi connectivity index (χ4v) is 2.02. The Morgan fingerprint density at radius 2 is 1.62 bits per heavy atom. The van der Waals surface area contributed by atoms with Gasteiger partial charge in [0.25, 0.3) is 0 Å². The van der Waals surface area contributed by atoms with E-state index in [2.05, 4.69) is 4.90 Å². The molecule has 0 aromatic rings. The van der Waals surface area contributed by atoms with Gasteiger partial charge in [-0.15, -0.1) is 0 Å². The summed E-state index contributed by atoms with van der Waals surface area (Å²) in [7, 11) is 1.37. The second kappa shape index (κ2) is 11.9. The highest BCUT2D eigenvalue weighted by Crippen LogP contribution is 2.11. The van der Waals surface area contributed by atoms with Crippen molar-refractivity contribution in [2.75, 3.05) is 53.2 Å². The lowest BCUT2D eigenvalue weighted by Crippen LogP contribution is -2.46. The molecule has 0 fully saturated rings. The Balaban J connectivity index is 4.10. The Morgan fingerprint density at radius 1 is 1.10 bits per heavy atom. The maximum absolute atomic E-state index is 11.5. The summed E-state index contributed by atoms with van der Waals surface area (Å²) in [6.07, 6.45) is 1.43. The zero-order valence-corrected chi connectivity index (χ0v) is 14.0. The number of hydrogen-bond acceptors (Lipinski definition) is 6. The summed E-state index contributed by atoms with van der Waals surface area (Å²) in [5.41, 5.74) is 5.04. The maximum atomic E-state index is 11.5. The summed E-state index contributed by atoms with van der Waals surface area (Å²) in [5.74, 6) is -0.363. The zero-order valence-electron chi connectivity index (χ0n) is 14.0. The number of nitrogens with zero attached hydrogens (tertiary/aromatic N) is 1. The van der Waals surface area contributed by atoms with Gasteiger partial charge in [-0.25, -0.2) is 0 Å². The molecule has 1 unspecified atom stereocenters. The van der Waals surface area contributed by atoms with Crippen LogP contribution in [-0.4, -0.2) is 69.6 Å². The molecule has 0 rings (SSSR count). The molecule has 1 atom stereocenters. The topological polar surface area (TPSA) is 74.0 Å². The van der Waals surface area contributed by atoms with Crippen LogP contribution in [0.5, 0.6) is 0 Å². The predicted octanol–water partition coefficient (Wildman–Crippen LogP) is 1.03. The molecule has 0 bridgehead atoms. The number of nitrogens with two attached hydrogens (primary N) is 1. The minimum atomic E-state index is -0.916. The van der Waals surface area contributed by atoms with Gasteiger partial charge in [0.2, 0.25) is 0 Å². The van der Waals surface area contributed by atoms with Crippen LogP contribution in [0.2, 0.25) is 0 Å². The van der Waals surface area contributed by atoms with Crippen molar-refractivity contribution >= 4 is 5.97 Å². The van der Waals surface area contributed by atoms with Gasteiger partial charge in [0.15, 0.2) is 0 Å². The van der Waals surface area contributed by atoms with Gasteiger partial charge in [0.05, 0.1) is 20.3 Å². The van der Waals surface area contributed by atoms with Crippen LogP contribution in [0.25, 0.3) is 0 Å². The first-order valence-electron chi connectivity index (χ1n) is 7.73. The summed E-state index contributed by atoms with van der Waals surface area (Å²) in [5, 5.41) is 0. The standard InChI is InChI=1S/C15H32N2O4/c1-5-20-12-10-17(11-13-21-6-2)9-7-8-15(3,16)14(18)19-4/h5-13,16H2,1-4H3. The molecule has 6 nitrogen and oxygen atoms in total. The van der Waals surface area contributed by atoms with Crippen LogP contribution in [0, 0.1) is 0 Å². The quantitative estimate of drug-likeness (QED) is 0.405. The zero-order chi connectivity index (χ0) is 16.1. The Morgan fingerprint density at radius 3 is 2.05 bits per heavy atom. The molecule has 21 heavy (non-hydrogen) atoms. The number of methoxy groups -OCH3 is 1. The third-order valence-corrected chi connectivity index (χ3v) is 3.33. The number of carbonyl (C=O) groups excluding carboxylic acids is 1. The fourth-order valence-electron chi connectivity index (χ4n) is 2.02. The van der Waals surface area contributed by atoms with Crippen molar-refractivity contribution in [3.05, 3.63) is 0 Å². The van der Waals surface area contributed by atoms with E-state index in [0.29, 0.717) is 19.6 Å². The van der Waals surface area contributed by atoms with Gasteiger partial charge >= 0.3 is 5.97 Å². The first-order chi connectivity index (χ1) is 9.97. The van der Waals surface area contributed by atoms with E-state index >= 15 is 0 Å². The van der Waals surface area contributed by atoms with Gasteiger partial charge in [-0.05, 0) is 40.2 Å². The summed E-state index contributed by atoms with van der Waals surface area (Å²) in [6.45, 7) is 11.1. The number of carbonyl (C=O) groups is 1. The lowest BCUT2D eigenvalue weighted by atomic mass is 9.97. The predicted molar refractivity (Wildman–Crippen MR) is 83.3 cm³/mol. The number of esters is 1. The van der Waals surface area contributed by atoms with Gasteiger partial charge in [-0.1, -0.05) is 0 Å². The molecule has 2 N–H and O–H groups in total. The summed E-state index contributed by atoms with van der Waals surface area (Å²) in [4.78, 5) is 13.8. The molecule has 0 saturated heterocycles. The van der Waals surface area contributed by atoms with E-state index < -0.39 is 5.54 Å². The van der Waals surface area contributed by atoms with E-state index in [1.165, 1.54) is 7.11 Å². The Kier molecular flexibility index (Phi) is 11.5. The summed E-state index contributed by atoms with van der Waals surface area (Å²) in [6, 6.07) is 0. The molecule has 6 heteroatoms. The average molecular weight is 304 g/mol. The molecule has 0 spiro atoms. The molecular formula is C15H32N2O4. The number of hydrogen-bond donors (Lipinski definition) is 1. The van der Waals surface area contributed by atoms with Crippen molar-refractivity contribution in [1.29, 1.82) is 0 Å². The molecular weight excluding hydrogens is 272 g/mol. The first-order valence-corrected chi connectivity index (χ1v) is 7.73. The minimum absolute atomic E-state index is 0.363. The van der Waals surface area contributed by atoms with Crippen molar-refractivity contribution in [3.8, 4) is 0 Å². The molecule has 0 aromatic heterocycles. The van der Waals surface area contributed by atoms with E-state index in [-0.39, 0.29) is 5.97 Å². The van der Waals surface area contributed by atoms with Crippen molar-refractivity contribution in [1.82, 2.24) is 4.90 Å². The molecule has 0 saturated carbocycles. The van der Waals surface area contributed by atoms with Crippen LogP contribution < -0.4 is 5.73 Å². The highest BCUT2D eigenvalue weighted by molar-refractivity contribution is 5.79. The SMILES string of the molecule is CCOCCN(CCCC(C)(N)C(=O)OC)CCOCC. The van der Waals surface area contributed by atoms with E-state index in [1.807, 2.05) is 13.8 Å². The van der Waals surface area contributed by atoms with Gasteiger partial charge in [-0.3, -0.25) is 9.69 Å². The van der Waals surface area contributed by atoms with E-state index in [1.54, 1.807) is 6.92 Å². The van der Waals surface area contributed by atoms with Gasteiger partial charge < -0.3 is 19.9 Å². The molecule has 0 radical (unpaired) electrons.